The molecule has 0 saturated heterocycles. The molecule has 0 spiro atoms. The van der Waals surface area contributed by atoms with Crippen molar-refractivity contribution in [2.75, 3.05) is 6.54 Å². The van der Waals surface area contributed by atoms with Crippen LogP contribution in [0.2, 0.25) is 0 Å². The maximum atomic E-state index is 14.5. The molecule has 2 rings (SSSR count). The molecule has 1 aromatic carbocycles. The van der Waals surface area contributed by atoms with Gasteiger partial charge in [-0.1, -0.05) is 0 Å². The fraction of sp³-hybridized carbons (Fsp3) is 0.500. The summed E-state index contributed by atoms with van der Waals surface area (Å²) in [5, 5.41) is 13.0. The summed E-state index contributed by atoms with van der Waals surface area (Å²) >= 11 is 0. The lowest BCUT2D eigenvalue weighted by Crippen LogP contribution is -2.55. The zero-order valence-corrected chi connectivity index (χ0v) is 15.0. The average molecular weight is 389 g/mol. The minimum absolute atomic E-state index is 0.587. The topological polar surface area (TPSA) is 103 Å². The van der Waals surface area contributed by atoms with Crippen LogP contribution in [0, 0.1) is 15.9 Å². The van der Waals surface area contributed by atoms with Crippen molar-refractivity contribution in [1.29, 1.82) is 0 Å². The van der Waals surface area contributed by atoms with E-state index in [0.29, 0.717) is 12.1 Å². The predicted octanol–water partition coefficient (Wildman–Crippen LogP) is 3.50. The molecule has 11 heteroatoms. The number of alkyl carbamates (subject to hydrolysis) is 1. The Hall–Kier alpha value is -2.85. The number of carbonyl (C=O) groups is 1. The number of alkyl halides is 2. The molecule has 1 N–H and O–H groups in total. The molecule has 0 radical (unpaired) electrons. The third-order valence-electron chi connectivity index (χ3n) is 3.70. The zero-order valence-electron chi connectivity index (χ0n) is 15.0. The van der Waals surface area contributed by atoms with E-state index < -0.39 is 57.8 Å². The third-order valence-corrected chi connectivity index (χ3v) is 3.70. The van der Waals surface area contributed by atoms with Crippen LogP contribution in [-0.4, -0.2) is 35.1 Å². The van der Waals surface area contributed by atoms with Crippen molar-refractivity contribution in [1.82, 2.24) is 5.32 Å². The Balaban J connectivity index is 2.38. The normalized spacial score (nSPS) is 21.7. The van der Waals surface area contributed by atoms with Crippen LogP contribution in [-0.2, 0) is 15.1 Å². The molecule has 27 heavy (non-hydrogen) atoms. The van der Waals surface area contributed by atoms with Gasteiger partial charge in [0.25, 0.3) is 11.7 Å². The monoisotopic (exact) mass is 389 g/mol. The molecule has 0 aromatic heterocycles. The number of ether oxygens (including phenoxy) is 2. The van der Waals surface area contributed by atoms with Crippen LogP contribution in [0.25, 0.3) is 0 Å². The smallest absolute Gasteiger partial charge is 0.415 e. The summed E-state index contributed by atoms with van der Waals surface area (Å²) in [5.41, 5.74) is -4.83. The Morgan fingerprint density at radius 3 is 2.59 bits per heavy atom. The number of hydrogen-bond donors (Lipinski definition) is 1. The van der Waals surface area contributed by atoms with E-state index >= 15 is 0 Å². The molecule has 8 nitrogen and oxygen atoms in total. The number of non-ortho nitro benzene ring substituents is 1. The van der Waals surface area contributed by atoms with E-state index in [2.05, 4.69) is 10.3 Å². The number of benzene rings is 1. The van der Waals surface area contributed by atoms with Crippen molar-refractivity contribution in [3.63, 3.8) is 0 Å². The van der Waals surface area contributed by atoms with Gasteiger partial charge < -0.3 is 9.47 Å². The summed E-state index contributed by atoms with van der Waals surface area (Å²) in [6, 6.07) is 1.60. The second-order valence-electron chi connectivity index (χ2n) is 7.01. The van der Waals surface area contributed by atoms with Gasteiger partial charge in [-0.2, -0.15) is 8.78 Å². The average Bonchev–Trinajstić information content (AvgIpc) is 2.49. The molecule has 1 heterocycles. The molecule has 1 atom stereocenters. The second kappa shape index (κ2) is 6.71. The van der Waals surface area contributed by atoms with E-state index in [1.165, 1.54) is 0 Å². The minimum atomic E-state index is -3.71. The van der Waals surface area contributed by atoms with Gasteiger partial charge in [0.15, 0.2) is 0 Å². The summed E-state index contributed by atoms with van der Waals surface area (Å²) in [4.78, 5) is 25.3. The molecule has 1 aliphatic heterocycles. The van der Waals surface area contributed by atoms with E-state index in [1.807, 2.05) is 0 Å². The van der Waals surface area contributed by atoms with Gasteiger partial charge in [-0.15, -0.1) is 0 Å². The van der Waals surface area contributed by atoms with Crippen molar-refractivity contribution in [2.45, 2.75) is 44.8 Å². The van der Waals surface area contributed by atoms with Gasteiger partial charge in [-0.25, -0.2) is 19.5 Å². The lowest BCUT2D eigenvalue weighted by molar-refractivity contribution is -0.385. The first-order chi connectivity index (χ1) is 12.2. The van der Waals surface area contributed by atoms with Gasteiger partial charge in [-0.05, 0) is 33.8 Å². The summed E-state index contributed by atoms with van der Waals surface area (Å²) in [7, 11) is 0. The van der Waals surface area contributed by atoms with Crippen molar-refractivity contribution in [3.05, 3.63) is 39.7 Å². The lowest BCUT2D eigenvalue weighted by atomic mass is 9.87. The number of nitrogens with zero attached hydrogens (tertiary/aromatic N) is 2. The largest absolute Gasteiger partial charge is 0.447 e. The molecule has 0 bridgehead atoms. The summed E-state index contributed by atoms with van der Waals surface area (Å²) in [6.45, 7) is 4.50. The van der Waals surface area contributed by atoms with Crippen molar-refractivity contribution >= 4 is 17.8 Å². The highest BCUT2D eigenvalue weighted by Crippen LogP contribution is 2.45. The van der Waals surface area contributed by atoms with E-state index in [0.717, 1.165) is 13.0 Å². The zero-order chi connectivity index (χ0) is 20.6. The third kappa shape index (κ3) is 4.29. The predicted molar refractivity (Wildman–Crippen MR) is 88.1 cm³/mol. The molecule has 1 aromatic rings. The van der Waals surface area contributed by atoms with Gasteiger partial charge in [0.1, 0.15) is 18.0 Å². The van der Waals surface area contributed by atoms with Gasteiger partial charge in [0.05, 0.1) is 4.92 Å². The highest BCUT2D eigenvalue weighted by molar-refractivity contribution is 5.91. The maximum absolute atomic E-state index is 14.5. The Labute approximate surface area is 152 Å². The fourth-order valence-electron chi connectivity index (χ4n) is 2.32. The van der Waals surface area contributed by atoms with E-state index in [4.69, 9.17) is 9.47 Å². The number of rotatable bonds is 2. The molecule has 0 aliphatic carbocycles. The molecular weight excluding hydrogens is 371 g/mol. The van der Waals surface area contributed by atoms with E-state index in [9.17, 15) is 28.1 Å². The number of amides is 1. The Kier molecular flexibility index (Phi) is 5.08. The van der Waals surface area contributed by atoms with E-state index in [-0.39, 0.29) is 0 Å². The number of nitro groups is 1. The molecule has 1 aliphatic rings. The number of nitro benzene ring substituents is 1. The van der Waals surface area contributed by atoms with Crippen molar-refractivity contribution in [2.24, 2.45) is 4.99 Å². The van der Waals surface area contributed by atoms with Crippen molar-refractivity contribution in [3.8, 4) is 0 Å². The first kappa shape index (κ1) is 20.5. The first-order valence-electron chi connectivity index (χ1n) is 7.81. The van der Waals surface area contributed by atoms with Crippen molar-refractivity contribution < 1.29 is 32.4 Å². The maximum Gasteiger partial charge on any atom is 0.415 e. The van der Waals surface area contributed by atoms with Crippen LogP contribution in [0.3, 0.4) is 0 Å². The molecule has 148 valence electrons. The fourth-order valence-corrected chi connectivity index (χ4v) is 2.32. The summed E-state index contributed by atoms with van der Waals surface area (Å²) in [6.07, 6.45) is -1.01. The highest BCUT2D eigenvalue weighted by atomic mass is 19.3. The Bertz CT molecular complexity index is 807. The molecule has 1 amide bonds. The molecule has 0 saturated carbocycles. The van der Waals surface area contributed by atoms with Crippen LogP contribution in [0.15, 0.2) is 23.2 Å². The minimum Gasteiger partial charge on any atom is -0.447 e. The van der Waals surface area contributed by atoms with Crippen LogP contribution in [0.1, 0.15) is 33.3 Å². The number of carbonyl (C=O) groups excluding carboxylic acids is 1. The van der Waals surface area contributed by atoms with Crippen LogP contribution in [0.4, 0.5) is 23.7 Å². The first-order valence-corrected chi connectivity index (χ1v) is 7.81. The van der Waals surface area contributed by atoms with Crippen LogP contribution < -0.4 is 5.32 Å². The number of halogens is 3. The highest BCUT2D eigenvalue weighted by Gasteiger charge is 2.58. The number of aliphatic imine (C=N–C) groups is 1. The quantitative estimate of drug-likeness (QED) is 0.616. The van der Waals surface area contributed by atoms with Gasteiger partial charge in [0.2, 0.25) is 5.60 Å². The molecule has 0 fully saturated rings. The number of amidine groups is 1. The van der Waals surface area contributed by atoms with Gasteiger partial charge in [0, 0.05) is 17.7 Å². The van der Waals surface area contributed by atoms with Crippen LogP contribution >= 0.6 is 0 Å². The van der Waals surface area contributed by atoms with Gasteiger partial charge in [-0.3, -0.25) is 10.1 Å². The standard InChI is InChI=1S/C16H18F3N3O5/c1-14(2,3)27-13(23)21-12-20-8-16(18,19)15(4,26-12)10-7-9(22(24)25)5-6-11(10)17/h5-7H,8H2,1-4H3,(H,20,21,23)/t15-/m1/s1. The summed E-state index contributed by atoms with van der Waals surface area (Å²) in [5.74, 6) is -4.83. The van der Waals surface area contributed by atoms with E-state index in [1.54, 1.807) is 20.8 Å². The second-order valence-corrected chi connectivity index (χ2v) is 7.01. The number of nitrogens with one attached hydrogen (secondary N) is 1. The summed E-state index contributed by atoms with van der Waals surface area (Å²) < 4.78 is 53.4. The van der Waals surface area contributed by atoms with Gasteiger partial charge >= 0.3 is 12.0 Å². The number of hydrogen-bond acceptors (Lipinski definition) is 6. The molecule has 0 unspecified atom stereocenters. The Morgan fingerprint density at radius 2 is 2.04 bits per heavy atom. The SMILES string of the molecule is CC(C)(C)OC(=O)NC1=NCC(F)(F)[C@@](C)(c2cc([N+](=O)[O-])ccc2F)O1. The molecular formula is C16H18F3N3O5. The lowest BCUT2D eigenvalue weighted by Gasteiger charge is -2.40. The van der Waals surface area contributed by atoms with Crippen LogP contribution in [0.5, 0.6) is 0 Å². The Morgan fingerprint density at radius 1 is 1.41 bits per heavy atom.